The van der Waals surface area contributed by atoms with Gasteiger partial charge >= 0.3 is 11.9 Å². The van der Waals surface area contributed by atoms with Gasteiger partial charge in [-0.2, -0.15) is 0 Å². The summed E-state index contributed by atoms with van der Waals surface area (Å²) >= 11 is 0. The van der Waals surface area contributed by atoms with Crippen LogP contribution in [0.15, 0.2) is 23.8 Å². The van der Waals surface area contributed by atoms with Crippen LogP contribution >= 0.6 is 0 Å². The van der Waals surface area contributed by atoms with E-state index in [1.165, 1.54) is 13.0 Å². The zero-order valence-electron chi connectivity index (χ0n) is 23.1. The standard InChI is InChI=1S/C28H42O9/c1-15-9-11-26(6,7)21-10-12-27(8,37-21)25(32)28(33)24(17(3)13-20(36-28)23(15)31)35-22(30)14-16(2)18(4)34-19(5)29/h9,11,14-15,17-18,20-21,24-25,32-33H,10,12-13H2,1-8H3/b11-9+,16-14+/t15-,17+,18?,20+,21-,24+,25-,27+,28-/m0/s1. The van der Waals surface area contributed by atoms with E-state index >= 15 is 0 Å². The molecule has 0 aromatic heterocycles. The number of ether oxygens (including phenoxy) is 4. The molecule has 0 radical (unpaired) electrons. The minimum absolute atomic E-state index is 0.195. The summed E-state index contributed by atoms with van der Waals surface area (Å²) in [6.07, 6.45) is 1.45. The van der Waals surface area contributed by atoms with E-state index in [9.17, 15) is 24.6 Å². The predicted molar refractivity (Wildman–Crippen MR) is 134 cm³/mol. The molecule has 3 heterocycles. The lowest BCUT2D eigenvalue weighted by Crippen LogP contribution is -2.68. The monoisotopic (exact) mass is 522 g/mol. The molecule has 4 bridgehead atoms. The van der Waals surface area contributed by atoms with Crippen molar-refractivity contribution in [2.75, 3.05) is 0 Å². The molecule has 9 nitrogen and oxygen atoms in total. The number of rotatable bonds is 4. The fourth-order valence-electron chi connectivity index (χ4n) is 5.52. The predicted octanol–water partition coefficient (Wildman–Crippen LogP) is 3.01. The van der Waals surface area contributed by atoms with Crippen LogP contribution in [0.25, 0.3) is 0 Å². The van der Waals surface area contributed by atoms with Gasteiger partial charge in [0.05, 0.1) is 11.7 Å². The lowest BCUT2D eigenvalue weighted by atomic mass is 9.78. The van der Waals surface area contributed by atoms with Gasteiger partial charge in [0.25, 0.3) is 0 Å². The van der Waals surface area contributed by atoms with E-state index in [4.69, 9.17) is 18.9 Å². The van der Waals surface area contributed by atoms with Crippen LogP contribution in [0.2, 0.25) is 0 Å². The summed E-state index contributed by atoms with van der Waals surface area (Å²) in [4.78, 5) is 37.5. The molecule has 37 heavy (non-hydrogen) atoms. The normalized spacial score (nSPS) is 41.7. The molecule has 0 spiro atoms. The van der Waals surface area contributed by atoms with E-state index in [0.717, 1.165) is 0 Å². The number of aliphatic hydroxyl groups excluding tert-OH is 1. The summed E-state index contributed by atoms with van der Waals surface area (Å²) in [5, 5.41) is 23.5. The van der Waals surface area contributed by atoms with Gasteiger partial charge in [-0.3, -0.25) is 9.59 Å². The first-order chi connectivity index (χ1) is 17.0. The molecule has 9 atom stereocenters. The number of hydrogen-bond donors (Lipinski definition) is 2. The van der Waals surface area contributed by atoms with E-state index in [2.05, 4.69) is 0 Å². The second-order valence-electron chi connectivity index (χ2n) is 11.8. The van der Waals surface area contributed by atoms with E-state index in [-0.39, 0.29) is 18.3 Å². The van der Waals surface area contributed by atoms with Crippen molar-refractivity contribution in [1.29, 1.82) is 0 Å². The van der Waals surface area contributed by atoms with Gasteiger partial charge in [0.2, 0.25) is 5.79 Å². The van der Waals surface area contributed by atoms with Crippen molar-refractivity contribution in [2.45, 2.75) is 117 Å². The number of esters is 2. The van der Waals surface area contributed by atoms with Crippen molar-refractivity contribution < 1.29 is 43.5 Å². The number of hydrogen-bond acceptors (Lipinski definition) is 9. The molecular formula is C28H42O9. The Balaban J connectivity index is 1.98. The first-order valence-corrected chi connectivity index (χ1v) is 13.1. The van der Waals surface area contributed by atoms with Crippen molar-refractivity contribution >= 4 is 17.7 Å². The van der Waals surface area contributed by atoms with Crippen LogP contribution in [0, 0.1) is 17.3 Å². The molecule has 1 unspecified atom stereocenters. The highest BCUT2D eigenvalue weighted by Gasteiger charge is 2.62. The van der Waals surface area contributed by atoms with Gasteiger partial charge in [0.15, 0.2) is 11.9 Å². The fraction of sp³-hybridized carbons (Fsp3) is 0.750. The van der Waals surface area contributed by atoms with Crippen molar-refractivity contribution in [3.05, 3.63) is 23.8 Å². The van der Waals surface area contributed by atoms with Crippen molar-refractivity contribution in [2.24, 2.45) is 17.3 Å². The Hall–Kier alpha value is -2.07. The average Bonchev–Trinajstić information content (AvgIpc) is 3.22. The van der Waals surface area contributed by atoms with Crippen LogP contribution in [0.5, 0.6) is 0 Å². The second-order valence-corrected chi connectivity index (χ2v) is 11.8. The molecule has 2 fully saturated rings. The lowest BCUT2D eigenvalue weighted by Gasteiger charge is -2.51. The Bertz CT molecular complexity index is 969. The summed E-state index contributed by atoms with van der Waals surface area (Å²) in [6.45, 7) is 13.8. The van der Waals surface area contributed by atoms with Crippen molar-refractivity contribution in [1.82, 2.24) is 0 Å². The number of fused-ring (bicyclic) bond motifs is 4. The molecular weight excluding hydrogens is 480 g/mol. The maximum Gasteiger partial charge on any atom is 0.331 e. The molecule has 0 saturated carbocycles. The maximum atomic E-state index is 13.3. The van der Waals surface area contributed by atoms with Crippen LogP contribution in [-0.2, 0) is 33.3 Å². The van der Waals surface area contributed by atoms with Crippen LogP contribution < -0.4 is 0 Å². The number of Topliss-reactive ketones (excluding diaryl/α,β-unsaturated/α-hetero) is 1. The van der Waals surface area contributed by atoms with E-state index in [0.29, 0.717) is 18.4 Å². The van der Waals surface area contributed by atoms with Gasteiger partial charge in [-0.25, -0.2) is 4.79 Å². The van der Waals surface area contributed by atoms with Gasteiger partial charge in [-0.05, 0) is 45.6 Å². The number of aliphatic hydroxyl groups is 2. The summed E-state index contributed by atoms with van der Waals surface area (Å²) in [5.41, 5.74) is -1.18. The first kappa shape index (κ1) is 29.5. The largest absolute Gasteiger partial charge is 0.458 e. The minimum Gasteiger partial charge on any atom is -0.458 e. The topological polar surface area (TPSA) is 129 Å². The second kappa shape index (κ2) is 10.6. The molecule has 208 valence electrons. The van der Waals surface area contributed by atoms with Gasteiger partial charge in [-0.15, -0.1) is 0 Å². The van der Waals surface area contributed by atoms with E-state index in [1.54, 1.807) is 34.6 Å². The minimum atomic E-state index is -2.40. The fourth-order valence-corrected chi connectivity index (χ4v) is 5.52. The maximum absolute atomic E-state index is 13.3. The number of ketones is 1. The van der Waals surface area contributed by atoms with Gasteiger partial charge in [0, 0.05) is 30.3 Å². The third-order valence-corrected chi connectivity index (χ3v) is 8.11. The first-order valence-electron chi connectivity index (χ1n) is 13.1. The van der Waals surface area contributed by atoms with Gasteiger partial charge in [0.1, 0.15) is 18.3 Å². The Morgan fingerprint density at radius 2 is 1.84 bits per heavy atom. The zero-order chi connectivity index (χ0) is 27.9. The molecule has 0 aromatic carbocycles. The van der Waals surface area contributed by atoms with E-state index in [1.807, 2.05) is 26.0 Å². The number of allylic oxidation sites excluding steroid dienone is 1. The highest BCUT2D eigenvalue weighted by Crippen LogP contribution is 2.48. The van der Waals surface area contributed by atoms with Gasteiger partial charge < -0.3 is 29.2 Å². The molecule has 9 heteroatoms. The Morgan fingerprint density at radius 3 is 2.46 bits per heavy atom. The summed E-state index contributed by atoms with van der Waals surface area (Å²) in [6, 6.07) is 0. The average molecular weight is 523 g/mol. The SMILES string of the molecule is CC(=O)OC(C)/C(C)=C/C(=O)O[C@@H]1[C@H](C)C[C@H]2O[C@]1(O)[C@@H](O)[C@@]1(C)CC[C@H](O1)C(C)(C)/C=C/[C@H](C)C2=O. The van der Waals surface area contributed by atoms with Crippen LogP contribution in [0.3, 0.4) is 0 Å². The number of carbonyl (C=O) groups excluding carboxylic acids is 3. The third-order valence-electron chi connectivity index (χ3n) is 8.11. The lowest BCUT2D eigenvalue weighted by molar-refractivity contribution is -0.363. The zero-order valence-corrected chi connectivity index (χ0v) is 23.1. The van der Waals surface area contributed by atoms with Crippen LogP contribution in [0.4, 0.5) is 0 Å². The quantitative estimate of drug-likeness (QED) is 0.325. The van der Waals surface area contributed by atoms with Crippen LogP contribution in [0.1, 0.15) is 74.7 Å². The molecule has 2 N–H and O–H groups in total. The summed E-state index contributed by atoms with van der Waals surface area (Å²) in [5.74, 6) is -4.91. The third kappa shape index (κ3) is 6.00. The molecule has 3 aliphatic rings. The highest BCUT2D eigenvalue weighted by molar-refractivity contribution is 5.87. The molecule has 3 rings (SSSR count). The van der Waals surface area contributed by atoms with Crippen LogP contribution in [-0.4, -0.2) is 69.8 Å². The molecule has 2 saturated heterocycles. The van der Waals surface area contributed by atoms with Crippen molar-refractivity contribution in [3.8, 4) is 0 Å². The molecule has 3 aliphatic heterocycles. The Morgan fingerprint density at radius 1 is 1.19 bits per heavy atom. The summed E-state index contributed by atoms with van der Waals surface area (Å²) in [7, 11) is 0. The number of carbonyl (C=O) groups is 3. The molecule has 0 aliphatic carbocycles. The summed E-state index contributed by atoms with van der Waals surface area (Å²) < 4.78 is 23.1. The van der Waals surface area contributed by atoms with E-state index < -0.39 is 65.0 Å². The smallest absolute Gasteiger partial charge is 0.331 e. The van der Waals surface area contributed by atoms with Gasteiger partial charge in [-0.1, -0.05) is 39.8 Å². The molecule has 0 amide bonds. The molecule has 0 aromatic rings. The Kier molecular flexibility index (Phi) is 8.44. The highest BCUT2D eigenvalue weighted by atomic mass is 16.7. The van der Waals surface area contributed by atoms with Crippen molar-refractivity contribution in [3.63, 3.8) is 0 Å². The Labute approximate surface area is 219 Å².